The summed E-state index contributed by atoms with van der Waals surface area (Å²) in [4.78, 5) is 22.6. The van der Waals surface area contributed by atoms with Crippen LogP contribution in [0.1, 0.15) is 36.0 Å². The van der Waals surface area contributed by atoms with Crippen molar-refractivity contribution in [2.75, 3.05) is 6.54 Å². The summed E-state index contributed by atoms with van der Waals surface area (Å²) in [5.74, 6) is -1.05. The van der Waals surface area contributed by atoms with E-state index < -0.39 is 5.97 Å². The van der Waals surface area contributed by atoms with Crippen molar-refractivity contribution in [3.05, 3.63) is 24.0 Å². The van der Waals surface area contributed by atoms with Gasteiger partial charge in [0, 0.05) is 6.54 Å². The van der Waals surface area contributed by atoms with Crippen LogP contribution in [0.3, 0.4) is 0 Å². The molecule has 1 heterocycles. The second-order valence-corrected chi connectivity index (χ2v) is 4.74. The molecule has 1 fully saturated rings. The topological polar surface area (TPSA) is 92.2 Å². The lowest BCUT2D eigenvalue weighted by Gasteiger charge is -2.40. The monoisotopic (exact) mass is 249 g/mol. The third-order valence-corrected chi connectivity index (χ3v) is 3.41. The van der Waals surface area contributed by atoms with Gasteiger partial charge >= 0.3 is 5.97 Å². The molecule has 6 nitrogen and oxygen atoms in total. The van der Waals surface area contributed by atoms with Gasteiger partial charge in [-0.25, -0.2) is 0 Å². The second-order valence-electron chi connectivity index (χ2n) is 4.74. The number of amides is 1. The number of carbonyl (C=O) groups excluding carboxylic acids is 1. The maximum absolute atomic E-state index is 11.8. The predicted molar refractivity (Wildman–Crippen MR) is 62.9 cm³/mol. The smallest absolute Gasteiger partial charge is 0.303 e. The molecular formula is C12H15N3O3. The summed E-state index contributed by atoms with van der Waals surface area (Å²) in [6.07, 6.45) is 5.69. The summed E-state index contributed by atoms with van der Waals surface area (Å²) in [5, 5.41) is 18.9. The number of carbonyl (C=O) groups is 2. The Morgan fingerprint density at radius 2 is 2.17 bits per heavy atom. The number of hydrogen-bond acceptors (Lipinski definition) is 4. The number of nitrogens with zero attached hydrogens (tertiary/aromatic N) is 2. The van der Waals surface area contributed by atoms with Crippen LogP contribution in [0.4, 0.5) is 0 Å². The van der Waals surface area contributed by atoms with Gasteiger partial charge in [-0.05, 0) is 24.3 Å². The maximum atomic E-state index is 11.8. The lowest BCUT2D eigenvalue weighted by atomic mass is 9.66. The van der Waals surface area contributed by atoms with Crippen LogP contribution in [0.25, 0.3) is 0 Å². The van der Waals surface area contributed by atoms with Crippen molar-refractivity contribution in [2.24, 2.45) is 5.41 Å². The number of hydrogen-bond donors (Lipinski definition) is 2. The molecule has 2 rings (SSSR count). The molecule has 96 valence electrons. The summed E-state index contributed by atoms with van der Waals surface area (Å²) < 4.78 is 0. The number of carboxylic acid groups (broad SMARTS) is 1. The van der Waals surface area contributed by atoms with Gasteiger partial charge in [-0.2, -0.15) is 10.2 Å². The second kappa shape index (κ2) is 5.12. The largest absolute Gasteiger partial charge is 0.481 e. The molecule has 0 radical (unpaired) electrons. The number of aliphatic carboxylic acids is 1. The Morgan fingerprint density at radius 1 is 1.39 bits per heavy atom. The Labute approximate surface area is 104 Å². The van der Waals surface area contributed by atoms with E-state index in [-0.39, 0.29) is 17.7 Å². The van der Waals surface area contributed by atoms with E-state index in [4.69, 9.17) is 5.11 Å². The molecule has 18 heavy (non-hydrogen) atoms. The summed E-state index contributed by atoms with van der Waals surface area (Å²) >= 11 is 0. The van der Waals surface area contributed by atoms with Crippen molar-refractivity contribution in [1.29, 1.82) is 0 Å². The van der Waals surface area contributed by atoms with E-state index in [1.165, 1.54) is 12.4 Å². The SMILES string of the molecule is O=C(O)CC1(CNC(=O)c2ccnnc2)CCC1. The van der Waals surface area contributed by atoms with E-state index in [0.717, 1.165) is 19.3 Å². The molecular weight excluding hydrogens is 234 g/mol. The Morgan fingerprint density at radius 3 is 2.67 bits per heavy atom. The van der Waals surface area contributed by atoms with Crippen molar-refractivity contribution in [3.63, 3.8) is 0 Å². The van der Waals surface area contributed by atoms with Crippen LogP contribution >= 0.6 is 0 Å². The summed E-state index contributed by atoms with van der Waals surface area (Å²) in [6.45, 7) is 0.403. The van der Waals surface area contributed by atoms with Crippen LogP contribution in [-0.2, 0) is 4.79 Å². The van der Waals surface area contributed by atoms with E-state index in [9.17, 15) is 9.59 Å². The molecule has 1 amide bonds. The third kappa shape index (κ3) is 2.82. The molecule has 6 heteroatoms. The number of aromatic nitrogens is 2. The van der Waals surface area contributed by atoms with Gasteiger partial charge in [-0.3, -0.25) is 9.59 Å². The first kappa shape index (κ1) is 12.5. The lowest BCUT2D eigenvalue weighted by Crippen LogP contribution is -2.43. The number of nitrogens with one attached hydrogen (secondary N) is 1. The molecule has 2 N–H and O–H groups in total. The molecule has 0 bridgehead atoms. The van der Waals surface area contributed by atoms with Crippen LogP contribution in [-0.4, -0.2) is 33.7 Å². The third-order valence-electron chi connectivity index (χ3n) is 3.41. The van der Waals surface area contributed by atoms with Crippen molar-refractivity contribution < 1.29 is 14.7 Å². The van der Waals surface area contributed by atoms with Gasteiger partial charge in [0.25, 0.3) is 5.91 Å². The van der Waals surface area contributed by atoms with E-state index in [0.29, 0.717) is 12.1 Å². The van der Waals surface area contributed by atoms with E-state index >= 15 is 0 Å². The average molecular weight is 249 g/mol. The molecule has 0 atom stereocenters. The van der Waals surface area contributed by atoms with Gasteiger partial charge in [0.05, 0.1) is 24.4 Å². The molecule has 1 aliphatic rings. The molecule has 1 saturated carbocycles. The van der Waals surface area contributed by atoms with Crippen LogP contribution in [0.15, 0.2) is 18.5 Å². The van der Waals surface area contributed by atoms with Crippen LogP contribution in [0.5, 0.6) is 0 Å². The molecule has 0 saturated heterocycles. The quantitative estimate of drug-likeness (QED) is 0.807. The van der Waals surface area contributed by atoms with Crippen molar-refractivity contribution in [3.8, 4) is 0 Å². The molecule has 0 spiro atoms. The molecule has 0 aliphatic heterocycles. The highest BCUT2D eigenvalue weighted by Crippen LogP contribution is 2.43. The minimum Gasteiger partial charge on any atom is -0.481 e. The first-order valence-electron chi connectivity index (χ1n) is 5.88. The Hall–Kier alpha value is -1.98. The number of carboxylic acids is 1. The zero-order valence-corrected chi connectivity index (χ0v) is 9.93. The van der Waals surface area contributed by atoms with Gasteiger partial charge < -0.3 is 10.4 Å². The van der Waals surface area contributed by atoms with Crippen molar-refractivity contribution in [2.45, 2.75) is 25.7 Å². The highest BCUT2D eigenvalue weighted by molar-refractivity contribution is 5.93. The highest BCUT2D eigenvalue weighted by Gasteiger charge is 2.39. The van der Waals surface area contributed by atoms with Crippen molar-refractivity contribution in [1.82, 2.24) is 15.5 Å². The van der Waals surface area contributed by atoms with E-state index in [1.807, 2.05) is 0 Å². The minimum absolute atomic E-state index is 0.113. The zero-order valence-electron chi connectivity index (χ0n) is 9.93. The number of rotatable bonds is 5. The zero-order chi connectivity index (χ0) is 13.0. The van der Waals surface area contributed by atoms with Gasteiger partial charge in [-0.15, -0.1) is 0 Å². The van der Waals surface area contributed by atoms with Crippen LogP contribution in [0.2, 0.25) is 0 Å². The van der Waals surface area contributed by atoms with Crippen LogP contribution in [0, 0.1) is 5.41 Å². The highest BCUT2D eigenvalue weighted by atomic mass is 16.4. The molecule has 0 aromatic carbocycles. The summed E-state index contributed by atoms with van der Waals surface area (Å²) in [5.41, 5.74) is 0.178. The van der Waals surface area contributed by atoms with Gasteiger partial charge in [0.1, 0.15) is 0 Å². The molecule has 1 aromatic heterocycles. The average Bonchev–Trinajstić information content (AvgIpc) is 2.32. The fourth-order valence-electron chi connectivity index (χ4n) is 2.21. The van der Waals surface area contributed by atoms with Crippen molar-refractivity contribution >= 4 is 11.9 Å². The van der Waals surface area contributed by atoms with E-state index in [2.05, 4.69) is 15.5 Å². The van der Waals surface area contributed by atoms with Gasteiger partial charge in [0.2, 0.25) is 0 Å². The first-order chi connectivity index (χ1) is 8.61. The summed E-state index contributed by atoms with van der Waals surface area (Å²) in [6, 6.07) is 1.58. The Balaban J connectivity index is 1.91. The van der Waals surface area contributed by atoms with Crippen LogP contribution < -0.4 is 5.32 Å². The molecule has 1 aliphatic carbocycles. The maximum Gasteiger partial charge on any atom is 0.303 e. The molecule has 1 aromatic rings. The summed E-state index contributed by atoms with van der Waals surface area (Å²) in [7, 11) is 0. The first-order valence-corrected chi connectivity index (χ1v) is 5.88. The predicted octanol–water partition coefficient (Wildman–Crippen LogP) is 0.851. The van der Waals surface area contributed by atoms with E-state index in [1.54, 1.807) is 6.07 Å². The Kier molecular flexibility index (Phi) is 3.55. The lowest BCUT2D eigenvalue weighted by molar-refractivity contribution is -0.141. The van der Waals surface area contributed by atoms with Gasteiger partial charge in [0.15, 0.2) is 0 Å². The normalized spacial score (nSPS) is 16.7. The van der Waals surface area contributed by atoms with Gasteiger partial charge in [-0.1, -0.05) is 6.42 Å². The fourth-order valence-corrected chi connectivity index (χ4v) is 2.21. The Bertz CT molecular complexity index is 443. The standard InChI is InChI=1S/C12H15N3O3/c16-10(17)6-12(3-1-4-12)8-13-11(18)9-2-5-14-15-7-9/h2,5,7H,1,3-4,6,8H2,(H,13,18)(H,16,17). The minimum atomic E-state index is -0.811. The fraction of sp³-hybridized carbons (Fsp3) is 0.500. The molecule has 0 unspecified atom stereocenters.